The Morgan fingerprint density at radius 2 is 2.00 bits per heavy atom. The quantitative estimate of drug-likeness (QED) is 0.454. The van der Waals surface area contributed by atoms with Gasteiger partial charge in [0.2, 0.25) is 0 Å². The van der Waals surface area contributed by atoms with Gasteiger partial charge in [-0.15, -0.1) is 0 Å². The van der Waals surface area contributed by atoms with Gasteiger partial charge in [0.1, 0.15) is 5.75 Å². The minimum atomic E-state index is -4.47. The molecule has 0 heterocycles. The highest BCUT2D eigenvalue weighted by Crippen LogP contribution is 2.33. The Morgan fingerprint density at radius 3 is 2.68 bits per heavy atom. The summed E-state index contributed by atoms with van der Waals surface area (Å²) in [4.78, 5) is 0. The van der Waals surface area contributed by atoms with Crippen molar-refractivity contribution in [3.8, 4) is 5.75 Å². The number of rotatable bonds is 4. The SMILES string of the molecule is COc1cccc(/C=N/NC(=S)Nc2cc(C(F)(F)F)ccc2Cl)c1. The molecule has 0 aliphatic rings. The second-order valence-corrected chi connectivity index (χ2v) is 5.61. The van der Waals surface area contributed by atoms with Gasteiger partial charge in [-0.3, -0.25) is 5.43 Å². The van der Waals surface area contributed by atoms with Gasteiger partial charge in [-0.2, -0.15) is 18.3 Å². The molecule has 2 N–H and O–H groups in total. The third-order valence-corrected chi connectivity index (χ3v) is 3.54. The summed E-state index contributed by atoms with van der Waals surface area (Å²) in [7, 11) is 1.55. The van der Waals surface area contributed by atoms with E-state index >= 15 is 0 Å². The molecule has 2 rings (SSSR count). The largest absolute Gasteiger partial charge is 0.497 e. The lowest BCUT2D eigenvalue weighted by Gasteiger charge is -2.12. The summed E-state index contributed by atoms with van der Waals surface area (Å²) < 4.78 is 43.3. The number of nitrogens with one attached hydrogen (secondary N) is 2. The molecule has 0 unspecified atom stereocenters. The summed E-state index contributed by atoms with van der Waals surface area (Å²) in [5, 5.41) is 6.60. The fraction of sp³-hybridized carbons (Fsp3) is 0.125. The molecule has 0 atom stereocenters. The van der Waals surface area contributed by atoms with Gasteiger partial charge < -0.3 is 10.1 Å². The van der Waals surface area contributed by atoms with E-state index in [1.54, 1.807) is 31.4 Å². The van der Waals surface area contributed by atoms with Crippen molar-refractivity contribution in [2.24, 2.45) is 5.10 Å². The number of thiocarbonyl (C=S) groups is 1. The van der Waals surface area contributed by atoms with E-state index < -0.39 is 11.7 Å². The Kier molecular flexibility index (Phi) is 6.22. The van der Waals surface area contributed by atoms with Crippen LogP contribution in [-0.4, -0.2) is 18.4 Å². The molecule has 132 valence electrons. The van der Waals surface area contributed by atoms with E-state index in [4.69, 9.17) is 28.6 Å². The fourth-order valence-corrected chi connectivity index (χ4v) is 2.16. The van der Waals surface area contributed by atoms with Crippen LogP contribution in [-0.2, 0) is 6.18 Å². The second-order valence-electron chi connectivity index (χ2n) is 4.79. The predicted octanol–water partition coefficient (Wildman–Crippen LogP) is 4.69. The molecule has 0 amide bonds. The van der Waals surface area contributed by atoms with Crippen LogP contribution in [0.1, 0.15) is 11.1 Å². The Labute approximate surface area is 152 Å². The zero-order valence-corrected chi connectivity index (χ0v) is 14.5. The van der Waals surface area contributed by atoms with Gasteiger partial charge in [0.15, 0.2) is 5.11 Å². The molecular formula is C16H13ClF3N3OS. The minimum Gasteiger partial charge on any atom is -0.497 e. The van der Waals surface area contributed by atoms with E-state index in [0.717, 1.165) is 23.8 Å². The van der Waals surface area contributed by atoms with E-state index in [9.17, 15) is 13.2 Å². The van der Waals surface area contributed by atoms with Crippen molar-refractivity contribution in [2.45, 2.75) is 6.18 Å². The van der Waals surface area contributed by atoms with Crippen molar-refractivity contribution in [1.29, 1.82) is 0 Å². The molecule has 25 heavy (non-hydrogen) atoms. The molecular weight excluding hydrogens is 375 g/mol. The van der Waals surface area contributed by atoms with E-state index in [0.29, 0.717) is 5.75 Å². The Balaban J connectivity index is 2.01. The maximum atomic E-state index is 12.7. The smallest absolute Gasteiger partial charge is 0.416 e. The van der Waals surface area contributed by atoms with Crippen molar-refractivity contribution in [3.63, 3.8) is 0 Å². The molecule has 0 saturated carbocycles. The first-order chi connectivity index (χ1) is 11.8. The number of ether oxygens (including phenoxy) is 1. The van der Waals surface area contributed by atoms with Gasteiger partial charge in [-0.1, -0.05) is 23.7 Å². The standard InChI is InChI=1S/C16H13ClF3N3OS/c1-24-12-4-2-3-10(7-12)9-21-23-15(25)22-14-8-11(16(18,19)20)5-6-13(14)17/h2-9H,1H3,(H2,22,23,25)/b21-9+. The number of halogens is 4. The van der Waals surface area contributed by atoms with Gasteiger partial charge in [-0.25, -0.2) is 0 Å². The molecule has 0 aliphatic heterocycles. The van der Waals surface area contributed by atoms with Crippen LogP contribution in [0.3, 0.4) is 0 Å². The number of anilines is 1. The third kappa shape index (κ3) is 5.61. The van der Waals surface area contributed by atoms with Crippen LogP contribution in [0.15, 0.2) is 47.6 Å². The van der Waals surface area contributed by atoms with Crippen LogP contribution in [0, 0.1) is 0 Å². The van der Waals surface area contributed by atoms with Crippen molar-refractivity contribution in [1.82, 2.24) is 5.43 Å². The number of hydrazone groups is 1. The van der Waals surface area contributed by atoms with Crippen LogP contribution in [0.25, 0.3) is 0 Å². The first-order valence-corrected chi connectivity index (χ1v) is 7.69. The molecule has 2 aromatic carbocycles. The Hall–Kier alpha value is -2.32. The van der Waals surface area contributed by atoms with Crippen molar-refractivity contribution < 1.29 is 17.9 Å². The second kappa shape index (κ2) is 8.17. The van der Waals surface area contributed by atoms with Crippen molar-refractivity contribution >= 4 is 40.8 Å². The van der Waals surface area contributed by atoms with E-state index in [2.05, 4.69) is 15.8 Å². The first kappa shape index (κ1) is 19.0. The number of benzene rings is 2. The highest BCUT2D eigenvalue weighted by atomic mass is 35.5. The zero-order chi connectivity index (χ0) is 18.4. The number of alkyl halides is 3. The van der Waals surface area contributed by atoms with Crippen LogP contribution < -0.4 is 15.5 Å². The van der Waals surface area contributed by atoms with E-state index in [1.807, 2.05) is 0 Å². The highest BCUT2D eigenvalue weighted by Gasteiger charge is 2.31. The molecule has 2 aromatic rings. The summed E-state index contributed by atoms with van der Waals surface area (Å²) in [5.74, 6) is 0.667. The minimum absolute atomic E-state index is 0.000343. The van der Waals surface area contributed by atoms with Gasteiger partial charge >= 0.3 is 6.18 Å². The van der Waals surface area contributed by atoms with Crippen molar-refractivity contribution in [3.05, 3.63) is 58.6 Å². The normalized spacial score (nSPS) is 11.4. The summed E-state index contributed by atoms with van der Waals surface area (Å²) in [6.45, 7) is 0. The molecule has 0 bridgehead atoms. The van der Waals surface area contributed by atoms with Gasteiger partial charge in [0, 0.05) is 0 Å². The molecule has 0 radical (unpaired) electrons. The summed E-state index contributed by atoms with van der Waals surface area (Å²) in [6, 6.07) is 10.0. The summed E-state index contributed by atoms with van der Waals surface area (Å²) >= 11 is 10.9. The number of nitrogens with zero attached hydrogens (tertiary/aromatic N) is 1. The number of hydrogen-bond acceptors (Lipinski definition) is 3. The summed E-state index contributed by atoms with van der Waals surface area (Å²) in [6.07, 6.45) is -2.98. The monoisotopic (exact) mass is 387 g/mol. The maximum absolute atomic E-state index is 12.7. The third-order valence-electron chi connectivity index (χ3n) is 3.02. The predicted molar refractivity (Wildman–Crippen MR) is 96.4 cm³/mol. The fourth-order valence-electron chi connectivity index (χ4n) is 1.83. The molecule has 0 saturated heterocycles. The Bertz CT molecular complexity index is 796. The van der Waals surface area contributed by atoms with Crippen LogP contribution in [0.5, 0.6) is 5.75 Å². The number of hydrogen-bond donors (Lipinski definition) is 2. The lowest BCUT2D eigenvalue weighted by atomic mass is 10.2. The van der Waals surface area contributed by atoms with Gasteiger partial charge in [0.25, 0.3) is 0 Å². The lowest BCUT2D eigenvalue weighted by Crippen LogP contribution is -2.24. The maximum Gasteiger partial charge on any atom is 0.416 e. The van der Waals surface area contributed by atoms with Crippen LogP contribution >= 0.6 is 23.8 Å². The summed E-state index contributed by atoms with van der Waals surface area (Å²) in [5.41, 5.74) is 2.47. The lowest BCUT2D eigenvalue weighted by molar-refractivity contribution is -0.137. The molecule has 0 aliphatic carbocycles. The van der Waals surface area contributed by atoms with Crippen LogP contribution in [0.4, 0.5) is 18.9 Å². The van der Waals surface area contributed by atoms with Gasteiger partial charge in [-0.05, 0) is 48.1 Å². The molecule has 0 aromatic heterocycles. The first-order valence-electron chi connectivity index (χ1n) is 6.90. The van der Waals surface area contributed by atoms with Crippen LogP contribution in [0.2, 0.25) is 5.02 Å². The average molecular weight is 388 g/mol. The zero-order valence-electron chi connectivity index (χ0n) is 12.9. The molecule has 9 heteroatoms. The van der Waals surface area contributed by atoms with Crippen molar-refractivity contribution in [2.75, 3.05) is 12.4 Å². The van der Waals surface area contributed by atoms with Gasteiger partial charge in [0.05, 0.1) is 29.6 Å². The number of methoxy groups -OCH3 is 1. The molecule has 0 fully saturated rings. The molecule has 0 spiro atoms. The average Bonchev–Trinajstić information content (AvgIpc) is 2.56. The van der Waals surface area contributed by atoms with E-state index in [1.165, 1.54) is 6.21 Å². The molecule has 4 nitrogen and oxygen atoms in total. The topological polar surface area (TPSA) is 45.6 Å². The van der Waals surface area contributed by atoms with E-state index in [-0.39, 0.29) is 15.8 Å². The highest BCUT2D eigenvalue weighted by molar-refractivity contribution is 7.80. The Morgan fingerprint density at radius 1 is 1.24 bits per heavy atom.